The van der Waals surface area contributed by atoms with E-state index in [0.29, 0.717) is 22.5 Å². The first-order valence-corrected chi connectivity index (χ1v) is 10.3. The standard InChI is InChI=1S/C22H22N2O2S/c1-15-9-5-8-12-18(15)24-21(26)16-10-6-7-11-17(16)23-22(24)27-20-14-4-2-3-13-19(20)25/h5-12,20H,2-4,13-14H2,1H3/t20-/m0/s1. The average molecular weight is 378 g/mol. The van der Waals surface area contributed by atoms with Crippen molar-refractivity contribution >= 4 is 28.4 Å². The summed E-state index contributed by atoms with van der Waals surface area (Å²) in [5.41, 5.74) is 2.42. The van der Waals surface area contributed by atoms with Crippen molar-refractivity contribution in [3.63, 3.8) is 0 Å². The van der Waals surface area contributed by atoms with Gasteiger partial charge in [0.05, 0.1) is 21.8 Å². The number of fused-ring (bicyclic) bond motifs is 1. The number of rotatable bonds is 3. The second-order valence-corrected chi connectivity index (χ2v) is 8.18. The van der Waals surface area contributed by atoms with Crippen LogP contribution < -0.4 is 5.56 Å². The number of carbonyl (C=O) groups is 1. The molecule has 1 aliphatic carbocycles. The highest BCUT2D eigenvalue weighted by atomic mass is 32.2. The molecule has 0 saturated heterocycles. The average Bonchev–Trinajstić information content (AvgIpc) is 2.88. The predicted molar refractivity (Wildman–Crippen MR) is 110 cm³/mol. The summed E-state index contributed by atoms with van der Waals surface area (Å²) >= 11 is 1.45. The minimum atomic E-state index is -0.129. The van der Waals surface area contributed by atoms with Crippen LogP contribution in [-0.4, -0.2) is 20.6 Å². The zero-order chi connectivity index (χ0) is 18.8. The fourth-order valence-corrected chi connectivity index (χ4v) is 4.82. The Bertz CT molecular complexity index is 1060. The molecule has 5 heteroatoms. The first-order valence-electron chi connectivity index (χ1n) is 9.42. The van der Waals surface area contributed by atoms with Crippen LogP contribution in [0.1, 0.15) is 37.7 Å². The number of hydrogen-bond acceptors (Lipinski definition) is 4. The molecule has 0 spiro atoms. The third-order valence-electron chi connectivity index (χ3n) is 5.10. The van der Waals surface area contributed by atoms with Crippen LogP contribution in [0.25, 0.3) is 16.6 Å². The molecule has 0 unspecified atom stereocenters. The molecule has 1 saturated carbocycles. The number of carbonyl (C=O) groups excluding carboxylic acids is 1. The van der Waals surface area contributed by atoms with Gasteiger partial charge in [-0.3, -0.25) is 14.2 Å². The fraction of sp³-hybridized carbons (Fsp3) is 0.318. The lowest BCUT2D eigenvalue weighted by Crippen LogP contribution is -2.24. The molecule has 3 aromatic rings. The van der Waals surface area contributed by atoms with Gasteiger partial charge >= 0.3 is 0 Å². The Balaban J connectivity index is 1.90. The summed E-state index contributed by atoms with van der Waals surface area (Å²) in [5.74, 6) is 0.274. The van der Waals surface area contributed by atoms with E-state index in [9.17, 15) is 9.59 Å². The lowest BCUT2D eigenvalue weighted by molar-refractivity contribution is -0.118. The topological polar surface area (TPSA) is 52.0 Å². The highest BCUT2D eigenvalue weighted by Crippen LogP contribution is 2.31. The lowest BCUT2D eigenvalue weighted by Gasteiger charge is -2.18. The first-order chi connectivity index (χ1) is 13.1. The van der Waals surface area contributed by atoms with E-state index in [-0.39, 0.29) is 16.6 Å². The van der Waals surface area contributed by atoms with Crippen molar-refractivity contribution in [3.8, 4) is 5.69 Å². The van der Waals surface area contributed by atoms with Crippen LogP contribution in [0.2, 0.25) is 0 Å². The zero-order valence-electron chi connectivity index (χ0n) is 15.4. The third-order valence-corrected chi connectivity index (χ3v) is 6.37. The number of Topliss-reactive ketones (excluding diaryl/α,β-unsaturated/α-hetero) is 1. The zero-order valence-corrected chi connectivity index (χ0v) is 16.2. The molecule has 1 atom stereocenters. The van der Waals surface area contributed by atoms with E-state index in [1.165, 1.54) is 11.8 Å². The second kappa shape index (κ2) is 7.69. The van der Waals surface area contributed by atoms with Crippen LogP contribution >= 0.6 is 11.8 Å². The SMILES string of the molecule is Cc1ccccc1-n1c(S[C@H]2CCCCCC2=O)nc2ccccc2c1=O. The molecule has 0 bridgehead atoms. The third kappa shape index (κ3) is 3.56. The van der Waals surface area contributed by atoms with Gasteiger partial charge in [0.25, 0.3) is 5.56 Å². The summed E-state index contributed by atoms with van der Waals surface area (Å²) in [6.45, 7) is 1.99. The first kappa shape index (κ1) is 18.0. The molecule has 2 aromatic carbocycles. The molecule has 1 fully saturated rings. The van der Waals surface area contributed by atoms with Crippen LogP contribution in [0.15, 0.2) is 58.5 Å². The van der Waals surface area contributed by atoms with E-state index in [4.69, 9.17) is 4.98 Å². The maximum Gasteiger partial charge on any atom is 0.266 e. The molecule has 27 heavy (non-hydrogen) atoms. The molecule has 4 rings (SSSR count). The molecule has 0 radical (unpaired) electrons. The smallest absolute Gasteiger partial charge is 0.266 e. The molecule has 0 N–H and O–H groups in total. The predicted octanol–water partition coefficient (Wildman–Crippen LogP) is 4.69. The van der Waals surface area contributed by atoms with Gasteiger partial charge in [0, 0.05) is 6.42 Å². The number of hydrogen-bond donors (Lipinski definition) is 0. The van der Waals surface area contributed by atoms with Gasteiger partial charge in [0.2, 0.25) is 0 Å². The van der Waals surface area contributed by atoms with Gasteiger partial charge in [-0.25, -0.2) is 4.98 Å². The Kier molecular flexibility index (Phi) is 5.12. The molecule has 0 aliphatic heterocycles. The van der Waals surface area contributed by atoms with Crippen molar-refractivity contribution in [1.82, 2.24) is 9.55 Å². The number of nitrogens with zero attached hydrogens (tertiary/aromatic N) is 2. The van der Waals surface area contributed by atoms with Crippen LogP contribution in [0, 0.1) is 6.92 Å². The minimum absolute atomic E-state index is 0.0847. The largest absolute Gasteiger partial charge is 0.298 e. The van der Waals surface area contributed by atoms with E-state index in [0.717, 1.165) is 36.9 Å². The Labute approximate surface area is 162 Å². The summed E-state index contributed by atoms with van der Waals surface area (Å²) < 4.78 is 1.68. The van der Waals surface area contributed by atoms with Crippen molar-refractivity contribution in [2.45, 2.75) is 49.4 Å². The van der Waals surface area contributed by atoms with Crippen molar-refractivity contribution in [2.75, 3.05) is 0 Å². The summed E-state index contributed by atoms with van der Waals surface area (Å²) in [7, 11) is 0. The van der Waals surface area contributed by atoms with E-state index < -0.39 is 0 Å². The summed E-state index contributed by atoms with van der Waals surface area (Å²) in [6.07, 6.45) is 4.58. The lowest BCUT2D eigenvalue weighted by atomic mass is 10.2. The van der Waals surface area contributed by atoms with Crippen molar-refractivity contribution in [1.29, 1.82) is 0 Å². The van der Waals surface area contributed by atoms with Crippen LogP contribution in [0.3, 0.4) is 0 Å². The normalized spacial score (nSPS) is 17.8. The number of benzene rings is 2. The highest BCUT2D eigenvalue weighted by Gasteiger charge is 2.25. The van der Waals surface area contributed by atoms with E-state index in [1.54, 1.807) is 4.57 Å². The summed E-state index contributed by atoms with van der Waals surface area (Å²) in [5, 5.41) is 1.07. The Hall–Kier alpha value is -2.40. The van der Waals surface area contributed by atoms with E-state index in [2.05, 4.69) is 0 Å². The van der Waals surface area contributed by atoms with Gasteiger partial charge < -0.3 is 0 Å². The molecular formula is C22H22N2O2S. The Morgan fingerprint density at radius 3 is 2.63 bits per heavy atom. The maximum atomic E-state index is 13.3. The minimum Gasteiger partial charge on any atom is -0.298 e. The van der Waals surface area contributed by atoms with Crippen molar-refractivity contribution < 1.29 is 4.79 Å². The molecule has 1 aromatic heterocycles. The van der Waals surface area contributed by atoms with Gasteiger partial charge in [0.15, 0.2) is 5.16 Å². The molecule has 0 amide bonds. The fourth-order valence-electron chi connectivity index (χ4n) is 3.60. The van der Waals surface area contributed by atoms with Gasteiger partial charge in [-0.1, -0.05) is 54.9 Å². The molecular weight excluding hydrogens is 356 g/mol. The molecule has 138 valence electrons. The molecule has 1 aliphatic rings. The number of aryl methyl sites for hydroxylation is 1. The summed E-state index contributed by atoms with van der Waals surface area (Å²) in [4.78, 5) is 30.7. The number of aromatic nitrogens is 2. The Morgan fingerprint density at radius 2 is 1.78 bits per heavy atom. The molecule has 1 heterocycles. The van der Waals surface area contributed by atoms with Gasteiger partial charge in [-0.05, 0) is 43.5 Å². The van der Waals surface area contributed by atoms with Crippen LogP contribution in [-0.2, 0) is 4.79 Å². The quantitative estimate of drug-likeness (QED) is 0.490. The van der Waals surface area contributed by atoms with Crippen LogP contribution in [0.4, 0.5) is 0 Å². The second-order valence-electron chi connectivity index (χ2n) is 7.01. The van der Waals surface area contributed by atoms with Gasteiger partial charge in [-0.2, -0.15) is 0 Å². The highest BCUT2D eigenvalue weighted by molar-refractivity contribution is 8.00. The number of ketones is 1. The van der Waals surface area contributed by atoms with Gasteiger partial charge in [-0.15, -0.1) is 0 Å². The Morgan fingerprint density at radius 1 is 1.00 bits per heavy atom. The van der Waals surface area contributed by atoms with E-state index in [1.807, 2.05) is 55.5 Å². The van der Waals surface area contributed by atoms with E-state index >= 15 is 0 Å². The number of para-hydroxylation sites is 2. The van der Waals surface area contributed by atoms with Crippen LogP contribution in [0.5, 0.6) is 0 Å². The monoisotopic (exact) mass is 378 g/mol. The van der Waals surface area contributed by atoms with Gasteiger partial charge in [0.1, 0.15) is 5.78 Å². The van der Waals surface area contributed by atoms with Crippen molar-refractivity contribution in [3.05, 3.63) is 64.4 Å². The molecule has 4 nitrogen and oxygen atoms in total. The maximum absolute atomic E-state index is 13.3. The number of thioether (sulfide) groups is 1. The van der Waals surface area contributed by atoms with Crippen molar-refractivity contribution in [2.24, 2.45) is 0 Å². The summed E-state index contributed by atoms with van der Waals surface area (Å²) in [6, 6.07) is 15.2.